The highest BCUT2D eigenvalue weighted by Crippen LogP contribution is 2.49. The SMILES string of the molecule is O=C1[C@H]2[C@H](C(=O)N1c1ccc(Cl)cc1)[C@H]1CC[C@H]2O1. The van der Waals surface area contributed by atoms with E-state index in [2.05, 4.69) is 0 Å². The van der Waals surface area contributed by atoms with Crippen LogP contribution in [-0.4, -0.2) is 24.0 Å². The largest absolute Gasteiger partial charge is 0.373 e. The fourth-order valence-corrected chi connectivity index (χ4v) is 3.68. The first kappa shape index (κ1) is 11.4. The number of carbonyl (C=O) groups is 2. The van der Waals surface area contributed by atoms with Gasteiger partial charge in [0, 0.05) is 5.02 Å². The van der Waals surface area contributed by atoms with Crippen molar-refractivity contribution in [3.63, 3.8) is 0 Å². The molecule has 0 spiro atoms. The fourth-order valence-electron chi connectivity index (χ4n) is 3.56. The number of rotatable bonds is 1. The van der Waals surface area contributed by atoms with Crippen LogP contribution in [0.3, 0.4) is 0 Å². The molecule has 2 amide bonds. The van der Waals surface area contributed by atoms with Crippen LogP contribution in [0.5, 0.6) is 0 Å². The molecule has 4 nitrogen and oxygen atoms in total. The molecule has 3 fully saturated rings. The molecular formula is C14H12ClNO3. The number of halogens is 1. The predicted octanol–water partition coefficient (Wildman–Crippen LogP) is 2.01. The van der Waals surface area contributed by atoms with E-state index in [1.807, 2.05) is 0 Å². The van der Waals surface area contributed by atoms with Gasteiger partial charge < -0.3 is 4.74 Å². The minimum Gasteiger partial charge on any atom is -0.373 e. The average molecular weight is 278 g/mol. The van der Waals surface area contributed by atoms with E-state index in [1.54, 1.807) is 24.3 Å². The molecule has 0 saturated carbocycles. The van der Waals surface area contributed by atoms with Gasteiger partial charge in [-0.2, -0.15) is 0 Å². The van der Waals surface area contributed by atoms with Gasteiger partial charge in [0.2, 0.25) is 11.8 Å². The van der Waals surface area contributed by atoms with Gasteiger partial charge in [0.1, 0.15) is 0 Å². The Bertz CT molecular complexity index is 543. The van der Waals surface area contributed by atoms with Gasteiger partial charge in [-0.1, -0.05) is 11.6 Å². The van der Waals surface area contributed by atoms with Crippen LogP contribution in [0.2, 0.25) is 5.02 Å². The smallest absolute Gasteiger partial charge is 0.240 e. The molecule has 1 aromatic carbocycles. The second-order valence-electron chi connectivity index (χ2n) is 5.33. The molecule has 5 heteroatoms. The average Bonchev–Trinajstić information content (AvgIpc) is 3.06. The molecule has 3 aliphatic rings. The van der Waals surface area contributed by atoms with E-state index in [-0.39, 0.29) is 35.9 Å². The van der Waals surface area contributed by atoms with Crippen LogP contribution >= 0.6 is 11.6 Å². The maximum Gasteiger partial charge on any atom is 0.240 e. The third-order valence-electron chi connectivity index (χ3n) is 4.37. The summed E-state index contributed by atoms with van der Waals surface area (Å²) in [7, 11) is 0. The first-order chi connectivity index (χ1) is 9.16. The first-order valence-corrected chi connectivity index (χ1v) is 6.83. The van der Waals surface area contributed by atoms with Crippen LogP contribution < -0.4 is 4.90 Å². The first-order valence-electron chi connectivity index (χ1n) is 6.45. The van der Waals surface area contributed by atoms with Crippen LogP contribution in [0.25, 0.3) is 0 Å². The van der Waals surface area contributed by atoms with Gasteiger partial charge >= 0.3 is 0 Å². The van der Waals surface area contributed by atoms with E-state index in [1.165, 1.54) is 4.90 Å². The van der Waals surface area contributed by atoms with Crippen molar-refractivity contribution in [2.24, 2.45) is 11.8 Å². The van der Waals surface area contributed by atoms with Crippen LogP contribution in [0.1, 0.15) is 12.8 Å². The number of ether oxygens (including phenoxy) is 1. The Morgan fingerprint density at radius 3 is 2.05 bits per heavy atom. The van der Waals surface area contributed by atoms with Crippen LogP contribution in [0.4, 0.5) is 5.69 Å². The number of hydrogen-bond donors (Lipinski definition) is 0. The Hall–Kier alpha value is -1.39. The zero-order valence-electron chi connectivity index (χ0n) is 10.1. The molecule has 0 radical (unpaired) electrons. The van der Waals surface area contributed by atoms with Gasteiger partial charge in [-0.15, -0.1) is 0 Å². The molecule has 0 N–H and O–H groups in total. The number of amides is 2. The zero-order chi connectivity index (χ0) is 13.1. The molecule has 19 heavy (non-hydrogen) atoms. The highest BCUT2D eigenvalue weighted by atomic mass is 35.5. The van der Waals surface area contributed by atoms with Crippen molar-refractivity contribution in [3.8, 4) is 0 Å². The van der Waals surface area contributed by atoms with E-state index in [4.69, 9.17) is 16.3 Å². The number of fused-ring (bicyclic) bond motifs is 5. The normalized spacial score (nSPS) is 36.2. The lowest BCUT2D eigenvalue weighted by Crippen LogP contribution is -2.34. The van der Waals surface area contributed by atoms with Crippen molar-refractivity contribution in [2.75, 3.05) is 4.90 Å². The quantitative estimate of drug-likeness (QED) is 0.738. The molecule has 0 aliphatic carbocycles. The van der Waals surface area contributed by atoms with Crippen LogP contribution in [-0.2, 0) is 14.3 Å². The lowest BCUT2D eigenvalue weighted by molar-refractivity contribution is -0.124. The topological polar surface area (TPSA) is 46.6 Å². The summed E-state index contributed by atoms with van der Waals surface area (Å²) in [4.78, 5) is 26.2. The fraction of sp³-hybridized carbons (Fsp3) is 0.429. The number of anilines is 1. The van der Waals surface area contributed by atoms with Crippen molar-refractivity contribution < 1.29 is 14.3 Å². The lowest BCUT2D eigenvalue weighted by Gasteiger charge is -2.17. The minimum absolute atomic E-state index is 0.0660. The van der Waals surface area contributed by atoms with Crippen molar-refractivity contribution >= 4 is 29.1 Å². The second-order valence-corrected chi connectivity index (χ2v) is 5.77. The van der Waals surface area contributed by atoms with Crippen molar-refractivity contribution in [3.05, 3.63) is 29.3 Å². The van der Waals surface area contributed by atoms with Crippen molar-refractivity contribution in [2.45, 2.75) is 25.0 Å². The standard InChI is InChI=1S/C14H12ClNO3/c15-7-1-3-8(4-2-7)16-13(17)11-9-5-6-10(19-9)12(11)14(16)18/h1-4,9-12H,5-6H2/t9-,10-,11-,12-/m1/s1. The van der Waals surface area contributed by atoms with Crippen molar-refractivity contribution in [1.82, 2.24) is 0 Å². The Morgan fingerprint density at radius 1 is 1.00 bits per heavy atom. The second kappa shape index (κ2) is 3.81. The summed E-state index contributed by atoms with van der Waals surface area (Å²) in [6.45, 7) is 0. The van der Waals surface area contributed by atoms with Gasteiger partial charge in [-0.05, 0) is 37.1 Å². The minimum atomic E-state index is -0.276. The Morgan fingerprint density at radius 2 is 1.53 bits per heavy atom. The summed E-state index contributed by atoms with van der Waals surface area (Å²) < 4.78 is 5.69. The lowest BCUT2D eigenvalue weighted by atomic mass is 9.81. The van der Waals surface area contributed by atoms with E-state index in [0.29, 0.717) is 10.7 Å². The summed E-state index contributed by atoms with van der Waals surface area (Å²) in [5.74, 6) is -0.794. The summed E-state index contributed by atoms with van der Waals surface area (Å²) in [5, 5.41) is 0.589. The Balaban J connectivity index is 1.73. The van der Waals surface area contributed by atoms with E-state index >= 15 is 0 Å². The maximum atomic E-state index is 12.5. The molecule has 3 heterocycles. The Labute approximate surface area is 115 Å². The van der Waals surface area contributed by atoms with E-state index in [9.17, 15) is 9.59 Å². The van der Waals surface area contributed by atoms with Gasteiger partial charge in [-0.25, -0.2) is 4.90 Å². The van der Waals surface area contributed by atoms with E-state index in [0.717, 1.165) is 12.8 Å². The highest BCUT2D eigenvalue weighted by Gasteiger charge is 2.62. The molecule has 3 aliphatic heterocycles. The molecule has 0 aromatic heterocycles. The summed E-state index contributed by atoms with van der Waals surface area (Å²) >= 11 is 5.83. The molecule has 98 valence electrons. The molecule has 3 saturated heterocycles. The number of carbonyl (C=O) groups excluding carboxylic acids is 2. The number of imide groups is 1. The molecule has 2 bridgehead atoms. The third kappa shape index (κ3) is 1.44. The van der Waals surface area contributed by atoms with Gasteiger partial charge in [-0.3, -0.25) is 9.59 Å². The zero-order valence-corrected chi connectivity index (χ0v) is 10.8. The molecular weight excluding hydrogens is 266 g/mol. The summed E-state index contributed by atoms with van der Waals surface area (Å²) in [6, 6.07) is 6.80. The monoisotopic (exact) mass is 277 g/mol. The number of hydrogen-bond acceptors (Lipinski definition) is 3. The van der Waals surface area contributed by atoms with Crippen molar-refractivity contribution in [1.29, 1.82) is 0 Å². The Kier molecular flexibility index (Phi) is 2.29. The van der Waals surface area contributed by atoms with Gasteiger partial charge in [0.25, 0.3) is 0 Å². The number of nitrogens with zero attached hydrogens (tertiary/aromatic N) is 1. The predicted molar refractivity (Wildman–Crippen MR) is 68.8 cm³/mol. The molecule has 0 unspecified atom stereocenters. The van der Waals surface area contributed by atoms with Gasteiger partial charge in [0.15, 0.2) is 0 Å². The summed E-state index contributed by atoms with van der Waals surface area (Å²) in [5.41, 5.74) is 0.605. The maximum absolute atomic E-state index is 12.5. The number of benzene rings is 1. The summed E-state index contributed by atoms with van der Waals surface area (Å²) in [6.07, 6.45) is 1.64. The van der Waals surface area contributed by atoms with Crippen LogP contribution in [0, 0.1) is 11.8 Å². The molecule has 4 atom stereocenters. The van der Waals surface area contributed by atoms with Crippen LogP contribution in [0.15, 0.2) is 24.3 Å². The highest BCUT2D eigenvalue weighted by molar-refractivity contribution is 6.30. The van der Waals surface area contributed by atoms with E-state index < -0.39 is 0 Å². The molecule has 1 aromatic rings. The third-order valence-corrected chi connectivity index (χ3v) is 4.62. The van der Waals surface area contributed by atoms with Gasteiger partial charge in [0.05, 0.1) is 29.7 Å². The molecule has 4 rings (SSSR count).